The number of halogens is 2. The Morgan fingerprint density at radius 2 is 1.95 bits per heavy atom. The summed E-state index contributed by atoms with van der Waals surface area (Å²) in [6.45, 7) is 0. The molecule has 0 aliphatic rings. The Bertz CT molecular complexity index is 644. The summed E-state index contributed by atoms with van der Waals surface area (Å²) in [4.78, 5) is 11.1. The van der Waals surface area contributed by atoms with E-state index in [-0.39, 0.29) is 27.8 Å². The molecule has 0 spiro atoms. The van der Waals surface area contributed by atoms with Crippen LogP contribution < -0.4 is 10.5 Å². The number of nitrogen functional groups attached to an aromatic ring is 1. The van der Waals surface area contributed by atoms with E-state index in [2.05, 4.69) is 0 Å². The van der Waals surface area contributed by atoms with Crippen LogP contribution in [-0.2, 0) is 0 Å². The van der Waals surface area contributed by atoms with Gasteiger partial charge in [-0.3, -0.25) is 0 Å². The molecular formula is C13H9Cl2NO3. The first-order chi connectivity index (χ1) is 8.99. The van der Waals surface area contributed by atoms with Gasteiger partial charge in [-0.25, -0.2) is 4.79 Å². The summed E-state index contributed by atoms with van der Waals surface area (Å²) in [6.07, 6.45) is 0. The summed E-state index contributed by atoms with van der Waals surface area (Å²) in [5, 5.41) is 9.82. The maximum absolute atomic E-state index is 11.1. The van der Waals surface area contributed by atoms with E-state index in [0.717, 1.165) is 0 Å². The van der Waals surface area contributed by atoms with E-state index >= 15 is 0 Å². The average Bonchev–Trinajstić information content (AvgIpc) is 2.34. The number of ether oxygens (including phenoxy) is 1. The molecule has 2 aromatic carbocycles. The number of para-hydroxylation sites is 1. The summed E-state index contributed by atoms with van der Waals surface area (Å²) in [5.41, 5.74) is 5.91. The number of benzene rings is 2. The average molecular weight is 298 g/mol. The van der Waals surface area contributed by atoms with Crippen molar-refractivity contribution in [1.82, 2.24) is 0 Å². The van der Waals surface area contributed by atoms with Crippen molar-refractivity contribution in [3.8, 4) is 11.5 Å². The minimum absolute atomic E-state index is 0.0361. The Morgan fingerprint density at radius 3 is 2.58 bits per heavy atom. The zero-order valence-corrected chi connectivity index (χ0v) is 11.1. The van der Waals surface area contributed by atoms with Crippen LogP contribution >= 0.6 is 23.2 Å². The Labute approximate surface area is 119 Å². The zero-order valence-electron chi connectivity index (χ0n) is 9.56. The molecule has 0 aromatic heterocycles. The van der Waals surface area contributed by atoms with Gasteiger partial charge in [-0.1, -0.05) is 29.3 Å². The topological polar surface area (TPSA) is 72.6 Å². The van der Waals surface area contributed by atoms with E-state index in [1.54, 1.807) is 18.2 Å². The SMILES string of the molecule is Nc1cccc(C(=O)O)c1Oc1ccc(Cl)cc1Cl. The molecule has 0 amide bonds. The van der Waals surface area contributed by atoms with Gasteiger partial charge in [0.05, 0.1) is 10.7 Å². The Kier molecular flexibility index (Phi) is 3.83. The van der Waals surface area contributed by atoms with Gasteiger partial charge in [0.15, 0.2) is 5.75 Å². The Morgan fingerprint density at radius 1 is 1.21 bits per heavy atom. The van der Waals surface area contributed by atoms with E-state index in [9.17, 15) is 4.79 Å². The number of hydrogen-bond donors (Lipinski definition) is 2. The van der Waals surface area contributed by atoms with Gasteiger partial charge in [0.1, 0.15) is 11.3 Å². The number of hydrogen-bond acceptors (Lipinski definition) is 3. The lowest BCUT2D eigenvalue weighted by molar-refractivity contribution is 0.0694. The molecule has 98 valence electrons. The molecule has 0 unspecified atom stereocenters. The van der Waals surface area contributed by atoms with Crippen LogP contribution in [0.4, 0.5) is 5.69 Å². The van der Waals surface area contributed by atoms with Gasteiger partial charge in [-0.05, 0) is 30.3 Å². The van der Waals surface area contributed by atoms with E-state index in [4.69, 9.17) is 38.8 Å². The number of anilines is 1. The molecule has 0 aliphatic heterocycles. The maximum Gasteiger partial charge on any atom is 0.339 e. The van der Waals surface area contributed by atoms with Crippen molar-refractivity contribution in [2.24, 2.45) is 0 Å². The molecule has 0 fully saturated rings. The van der Waals surface area contributed by atoms with Crippen LogP contribution in [0.1, 0.15) is 10.4 Å². The predicted molar refractivity (Wildman–Crippen MR) is 74.3 cm³/mol. The number of carboxylic acids is 1. The van der Waals surface area contributed by atoms with Crippen LogP contribution in [-0.4, -0.2) is 11.1 Å². The fraction of sp³-hybridized carbons (Fsp3) is 0. The molecule has 2 rings (SSSR count). The molecule has 0 atom stereocenters. The summed E-state index contributed by atoms with van der Waals surface area (Å²) < 4.78 is 5.49. The van der Waals surface area contributed by atoms with Gasteiger partial charge in [0.25, 0.3) is 0 Å². The van der Waals surface area contributed by atoms with E-state index in [0.29, 0.717) is 5.02 Å². The molecule has 0 saturated carbocycles. The van der Waals surface area contributed by atoms with Crippen LogP contribution in [0.15, 0.2) is 36.4 Å². The molecular weight excluding hydrogens is 289 g/mol. The van der Waals surface area contributed by atoms with Crippen LogP contribution in [0, 0.1) is 0 Å². The second kappa shape index (κ2) is 5.38. The number of nitrogens with two attached hydrogens (primary N) is 1. The number of aromatic carboxylic acids is 1. The van der Waals surface area contributed by atoms with Crippen molar-refractivity contribution >= 4 is 34.9 Å². The number of carboxylic acid groups (broad SMARTS) is 1. The first kappa shape index (κ1) is 13.5. The highest BCUT2D eigenvalue weighted by Crippen LogP contribution is 2.36. The fourth-order valence-electron chi connectivity index (χ4n) is 1.51. The van der Waals surface area contributed by atoms with Gasteiger partial charge in [0.2, 0.25) is 0 Å². The van der Waals surface area contributed by atoms with Crippen molar-refractivity contribution in [3.05, 3.63) is 52.0 Å². The smallest absolute Gasteiger partial charge is 0.339 e. The lowest BCUT2D eigenvalue weighted by Gasteiger charge is -2.12. The third kappa shape index (κ3) is 2.92. The monoisotopic (exact) mass is 297 g/mol. The molecule has 4 nitrogen and oxygen atoms in total. The molecule has 0 heterocycles. The quantitative estimate of drug-likeness (QED) is 0.838. The summed E-state index contributed by atoms with van der Waals surface area (Å²) in [5.74, 6) is -0.793. The second-order valence-electron chi connectivity index (χ2n) is 3.71. The highest BCUT2D eigenvalue weighted by atomic mass is 35.5. The Balaban J connectivity index is 2.46. The number of rotatable bonds is 3. The van der Waals surface area contributed by atoms with Crippen LogP contribution in [0.3, 0.4) is 0 Å². The standard InChI is InChI=1S/C13H9Cl2NO3/c14-7-4-5-11(9(15)6-7)19-12-8(13(17)18)2-1-3-10(12)16/h1-6H,16H2,(H,17,18). The molecule has 0 aliphatic carbocycles. The maximum atomic E-state index is 11.1. The molecule has 0 saturated heterocycles. The van der Waals surface area contributed by atoms with Crippen molar-refractivity contribution < 1.29 is 14.6 Å². The lowest BCUT2D eigenvalue weighted by atomic mass is 10.1. The fourth-order valence-corrected chi connectivity index (χ4v) is 1.95. The Hall–Kier alpha value is -1.91. The van der Waals surface area contributed by atoms with Gasteiger partial charge in [-0.2, -0.15) is 0 Å². The highest BCUT2D eigenvalue weighted by molar-refractivity contribution is 6.35. The molecule has 19 heavy (non-hydrogen) atoms. The van der Waals surface area contributed by atoms with Crippen LogP contribution in [0.25, 0.3) is 0 Å². The van der Waals surface area contributed by atoms with E-state index < -0.39 is 5.97 Å². The first-order valence-corrected chi connectivity index (χ1v) is 5.99. The molecule has 0 bridgehead atoms. The minimum Gasteiger partial charge on any atom is -0.478 e. The first-order valence-electron chi connectivity index (χ1n) is 5.23. The van der Waals surface area contributed by atoms with E-state index in [1.165, 1.54) is 18.2 Å². The summed E-state index contributed by atoms with van der Waals surface area (Å²) in [6, 6.07) is 9.11. The normalized spacial score (nSPS) is 10.2. The molecule has 2 aromatic rings. The second-order valence-corrected chi connectivity index (χ2v) is 4.55. The van der Waals surface area contributed by atoms with Gasteiger partial charge in [0, 0.05) is 5.02 Å². The molecule has 3 N–H and O–H groups in total. The van der Waals surface area contributed by atoms with Crippen molar-refractivity contribution in [3.63, 3.8) is 0 Å². The third-order valence-corrected chi connectivity index (χ3v) is 2.91. The van der Waals surface area contributed by atoms with Crippen LogP contribution in [0.5, 0.6) is 11.5 Å². The van der Waals surface area contributed by atoms with Gasteiger partial charge >= 0.3 is 5.97 Å². The predicted octanol–water partition coefficient (Wildman–Crippen LogP) is 4.07. The minimum atomic E-state index is -1.13. The van der Waals surface area contributed by atoms with E-state index in [1.807, 2.05) is 0 Å². The lowest BCUT2D eigenvalue weighted by Crippen LogP contribution is -2.03. The van der Waals surface area contributed by atoms with Gasteiger partial charge in [-0.15, -0.1) is 0 Å². The molecule has 6 heteroatoms. The molecule has 0 radical (unpaired) electrons. The largest absolute Gasteiger partial charge is 0.478 e. The summed E-state index contributed by atoms with van der Waals surface area (Å²) in [7, 11) is 0. The zero-order chi connectivity index (χ0) is 14.0. The third-order valence-electron chi connectivity index (χ3n) is 2.38. The van der Waals surface area contributed by atoms with Crippen molar-refractivity contribution in [2.45, 2.75) is 0 Å². The summed E-state index contributed by atoms with van der Waals surface area (Å²) >= 11 is 11.7. The van der Waals surface area contributed by atoms with Crippen molar-refractivity contribution in [2.75, 3.05) is 5.73 Å². The van der Waals surface area contributed by atoms with Gasteiger partial charge < -0.3 is 15.6 Å². The van der Waals surface area contributed by atoms with Crippen molar-refractivity contribution in [1.29, 1.82) is 0 Å². The van der Waals surface area contributed by atoms with Crippen LogP contribution in [0.2, 0.25) is 10.0 Å². The number of carbonyl (C=O) groups is 1. The highest BCUT2D eigenvalue weighted by Gasteiger charge is 2.16.